The molecule has 1 amide bonds. The highest BCUT2D eigenvalue weighted by molar-refractivity contribution is 5.97. The molecule has 2 heterocycles. The third-order valence-electron chi connectivity index (χ3n) is 4.49. The van der Waals surface area contributed by atoms with Crippen molar-refractivity contribution >= 4 is 28.7 Å². The zero-order valence-electron chi connectivity index (χ0n) is 17.2. The number of halogens is 1. The summed E-state index contributed by atoms with van der Waals surface area (Å²) < 4.78 is 27.2. The molecule has 1 atom stereocenters. The van der Waals surface area contributed by atoms with E-state index in [-0.39, 0.29) is 42.6 Å². The number of benzene rings is 1. The number of anilines is 1. The van der Waals surface area contributed by atoms with Gasteiger partial charge in [0, 0.05) is 19.3 Å². The van der Waals surface area contributed by atoms with Crippen LogP contribution in [0.4, 0.5) is 14.9 Å². The number of carbonyl (C=O) groups excluding carboxylic acids is 1. The van der Waals surface area contributed by atoms with E-state index in [0.717, 1.165) is 6.07 Å². The topological polar surface area (TPSA) is 119 Å². The summed E-state index contributed by atoms with van der Waals surface area (Å²) in [5.74, 6) is -1.99. The Bertz CT molecular complexity index is 1070. The standard InChI is InChI=1S/C20H24FN3O6/c1-10-9-29-17-14(22-5-6-23-19(28)30-20(2,3)4)13(21)7-11-15(17)24(10)8-12(16(11)25)18(26)27/h7-8,10,22H,5-6,9H2,1-4H3,(H,23,28)(H,26,27)/t10-/m0/s1. The average Bonchev–Trinajstić information content (AvgIpc) is 2.62. The SMILES string of the molecule is C[C@H]1COc2c(NCCNC(=O)OC(C)(C)C)c(F)cc3c(=O)c(C(=O)O)cn1c23. The molecule has 1 aliphatic heterocycles. The molecule has 0 fully saturated rings. The second kappa shape index (κ2) is 7.85. The van der Waals surface area contributed by atoms with Crippen LogP contribution >= 0.6 is 0 Å². The van der Waals surface area contributed by atoms with E-state index < -0.39 is 34.5 Å². The van der Waals surface area contributed by atoms with E-state index in [1.165, 1.54) is 6.20 Å². The number of hydrogen-bond acceptors (Lipinski definition) is 6. The first-order valence-electron chi connectivity index (χ1n) is 9.47. The fourth-order valence-corrected chi connectivity index (χ4v) is 3.21. The van der Waals surface area contributed by atoms with Gasteiger partial charge in [-0.3, -0.25) is 4.79 Å². The first-order valence-corrected chi connectivity index (χ1v) is 9.47. The number of pyridine rings is 1. The van der Waals surface area contributed by atoms with Gasteiger partial charge in [0.05, 0.1) is 16.9 Å². The van der Waals surface area contributed by atoms with Crippen molar-refractivity contribution in [3.63, 3.8) is 0 Å². The highest BCUT2D eigenvalue weighted by atomic mass is 19.1. The summed E-state index contributed by atoms with van der Waals surface area (Å²) in [7, 11) is 0. The minimum atomic E-state index is -1.37. The lowest BCUT2D eigenvalue weighted by Gasteiger charge is -2.28. The highest BCUT2D eigenvalue weighted by Gasteiger charge is 2.28. The predicted molar refractivity (Wildman–Crippen MR) is 108 cm³/mol. The summed E-state index contributed by atoms with van der Waals surface area (Å²) in [6, 6.07) is 0.764. The fraction of sp³-hybridized carbons (Fsp3) is 0.450. The van der Waals surface area contributed by atoms with Gasteiger partial charge in [-0.2, -0.15) is 0 Å². The zero-order chi connectivity index (χ0) is 22.2. The van der Waals surface area contributed by atoms with Gasteiger partial charge in [0.15, 0.2) is 11.6 Å². The second-order valence-electron chi connectivity index (χ2n) is 8.06. The highest BCUT2D eigenvalue weighted by Crippen LogP contribution is 2.39. The lowest BCUT2D eigenvalue weighted by atomic mass is 10.1. The van der Waals surface area contributed by atoms with Crippen LogP contribution in [0.25, 0.3) is 10.9 Å². The Morgan fingerprint density at radius 2 is 2.07 bits per heavy atom. The lowest BCUT2D eigenvalue weighted by molar-refractivity contribution is 0.0529. The van der Waals surface area contributed by atoms with Gasteiger partial charge in [-0.1, -0.05) is 0 Å². The third kappa shape index (κ3) is 4.17. The molecule has 0 saturated carbocycles. The molecule has 9 nitrogen and oxygen atoms in total. The van der Waals surface area contributed by atoms with Crippen LogP contribution in [0.5, 0.6) is 5.75 Å². The number of nitrogens with one attached hydrogen (secondary N) is 2. The molecule has 162 valence electrons. The van der Waals surface area contributed by atoms with Gasteiger partial charge in [-0.15, -0.1) is 0 Å². The Balaban J connectivity index is 1.90. The number of carbonyl (C=O) groups is 2. The van der Waals surface area contributed by atoms with E-state index in [2.05, 4.69) is 10.6 Å². The molecule has 1 aromatic heterocycles. The molecule has 10 heteroatoms. The summed E-state index contributed by atoms with van der Waals surface area (Å²) >= 11 is 0. The molecular formula is C20H24FN3O6. The molecule has 0 aliphatic carbocycles. The number of rotatable bonds is 5. The number of aromatic carboxylic acids is 1. The van der Waals surface area contributed by atoms with Crippen molar-refractivity contribution in [3.05, 3.63) is 33.9 Å². The molecule has 0 bridgehead atoms. The number of carboxylic acids is 1. The average molecular weight is 421 g/mol. The van der Waals surface area contributed by atoms with Crippen LogP contribution in [0.3, 0.4) is 0 Å². The minimum absolute atomic E-state index is 0.0385. The van der Waals surface area contributed by atoms with Gasteiger partial charge in [0.25, 0.3) is 0 Å². The van der Waals surface area contributed by atoms with Gasteiger partial charge in [-0.05, 0) is 33.8 Å². The van der Waals surface area contributed by atoms with Crippen LogP contribution in [0.15, 0.2) is 17.1 Å². The van der Waals surface area contributed by atoms with E-state index in [1.54, 1.807) is 32.3 Å². The van der Waals surface area contributed by atoms with E-state index in [0.29, 0.717) is 5.52 Å². The predicted octanol–water partition coefficient (Wildman–Crippen LogP) is 2.73. The number of amides is 1. The molecule has 2 aromatic rings. The second-order valence-corrected chi connectivity index (χ2v) is 8.06. The van der Waals surface area contributed by atoms with E-state index in [1.807, 2.05) is 0 Å². The Morgan fingerprint density at radius 3 is 2.70 bits per heavy atom. The third-order valence-corrected chi connectivity index (χ3v) is 4.49. The molecular weight excluding hydrogens is 397 g/mol. The van der Waals surface area contributed by atoms with Gasteiger partial charge >= 0.3 is 12.1 Å². The smallest absolute Gasteiger partial charge is 0.407 e. The van der Waals surface area contributed by atoms with Crippen LogP contribution in [-0.2, 0) is 4.74 Å². The number of aromatic nitrogens is 1. The molecule has 3 rings (SSSR count). The Hall–Kier alpha value is -3.30. The van der Waals surface area contributed by atoms with Crippen LogP contribution in [0, 0.1) is 5.82 Å². The molecule has 0 saturated heterocycles. The summed E-state index contributed by atoms with van der Waals surface area (Å²) in [6.45, 7) is 7.55. The van der Waals surface area contributed by atoms with Crippen LogP contribution in [-0.4, -0.2) is 47.0 Å². The summed E-state index contributed by atoms with van der Waals surface area (Å²) in [6.07, 6.45) is 0.667. The molecule has 0 unspecified atom stereocenters. The first-order chi connectivity index (χ1) is 14.0. The number of ether oxygens (including phenoxy) is 2. The lowest BCUT2D eigenvalue weighted by Crippen LogP contribution is -2.35. The Morgan fingerprint density at radius 1 is 1.37 bits per heavy atom. The number of hydrogen-bond donors (Lipinski definition) is 3. The maximum atomic E-state index is 14.8. The number of nitrogens with zero attached hydrogens (tertiary/aromatic N) is 1. The Kier molecular flexibility index (Phi) is 5.60. The molecule has 1 aliphatic rings. The fourth-order valence-electron chi connectivity index (χ4n) is 3.21. The maximum Gasteiger partial charge on any atom is 0.407 e. The van der Waals surface area contributed by atoms with Crippen molar-refractivity contribution in [2.45, 2.75) is 39.3 Å². The van der Waals surface area contributed by atoms with E-state index in [4.69, 9.17) is 9.47 Å². The van der Waals surface area contributed by atoms with Crippen molar-refractivity contribution in [2.75, 3.05) is 25.0 Å². The van der Waals surface area contributed by atoms with Gasteiger partial charge in [0.1, 0.15) is 23.5 Å². The van der Waals surface area contributed by atoms with Crippen molar-refractivity contribution in [1.29, 1.82) is 0 Å². The van der Waals surface area contributed by atoms with Crippen LogP contribution in [0.2, 0.25) is 0 Å². The molecule has 0 spiro atoms. The summed E-state index contributed by atoms with van der Waals surface area (Å²) in [4.78, 5) is 35.7. The molecule has 3 N–H and O–H groups in total. The van der Waals surface area contributed by atoms with Crippen molar-refractivity contribution in [2.24, 2.45) is 0 Å². The van der Waals surface area contributed by atoms with Crippen LogP contribution in [0.1, 0.15) is 44.1 Å². The van der Waals surface area contributed by atoms with E-state index in [9.17, 15) is 23.9 Å². The number of carboxylic acid groups (broad SMARTS) is 1. The molecule has 30 heavy (non-hydrogen) atoms. The molecule has 1 aromatic carbocycles. The molecule has 0 radical (unpaired) electrons. The van der Waals surface area contributed by atoms with Gasteiger partial charge in [0.2, 0.25) is 5.43 Å². The van der Waals surface area contributed by atoms with E-state index >= 15 is 0 Å². The van der Waals surface area contributed by atoms with Crippen molar-refractivity contribution < 1.29 is 28.6 Å². The maximum absolute atomic E-state index is 14.8. The van der Waals surface area contributed by atoms with Gasteiger partial charge in [-0.25, -0.2) is 14.0 Å². The minimum Gasteiger partial charge on any atom is -0.487 e. The largest absolute Gasteiger partial charge is 0.487 e. The Labute approximate surface area is 171 Å². The monoisotopic (exact) mass is 421 g/mol. The number of alkyl carbamates (subject to hydrolysis) is 1. The van der Waals surface area contributed by atoms with Crippen molar-refractivity contribution in [1.82, 2.24) is 9.88 Å². The van der Waals surface area contributed by atoms with Crippen LogP contribution < -0.4 is 20.8 Å². The first kappa shape index (κ1) is 21.4. The summed E-state index contributed by atoms with van der Waals surface area (Å²) in [5.41, 5.74) is -1.47. The normalized spacial score (nSPS) is 15.4. The summed E-state index contributed by atoms with van der Waals surface area (Å²) in [5, 5.41) is 14.7. The quantitative estimate of drug-likeness (QED) is 0.635. The zero-order valence-corrected chi connectivity index (χ0v) is 17.2. The van der Waals surface area contributed by atoms with Gasteiger partial charge < -0.3 is 29.8 Å². The van der Waals surface area contributed by atoms with Crippen molar-refractivity contribution in [3.8, 4) is 5.75 Å².